The molecular formula is C19H38N2O3. The number of unbranched alkanes of at least 4 members (excludes halogenated alkanes) is 8. The van der Waals surface area contributed by atoms with Crippen molar-refractivity contribution < 1.29 is 14.7 Å². The zero-order valence-electron chi connectivity index (χ0n) is 15.7. The summed E-state index contributed by atoms with van der Waals surface area (Å²) in [7, 11) is 0. The summed E-state index contributed by atoms with van der Waals surface area (Å²) in [6.45, 7) is 4.48. The Bertz CT molecular complexity index is 322. The Kier molecular flexibility index (Phi) is 16.0. The van der Waals surface area contributed by atoms with Gasteiger partial charge < -0.3 is 15.7 Å². The van der Waals surface area contributed by atoms with Gasteiger partial charge in [0.15, 0.2) is 0 Å². The van der Waals surface area contributed by atoms with Crippen LogP contribution in [0.5, 0.6) is 0 Å². The van der Waals surface area contributed by atoms with E-state index in [9.17, 15) is 14.7 Å². The van der Waals surface area contributed by atoms with E-state index in [0.717, 1.165) is 25.7 Å². The van der Waals surface area contributed by atoms with Gasteiger partial charge in [-0.15, -0.1) is 0 Å². The Morgan fingerprint density at radius 1 is 0.792 bits per heavy atom. The predicted octanol–water partition coefficient (Wildman–Crippen LogP) is 3.30. The van der Waals surface area contributed by atoms with Crippen LogP contribution in [-0.4, -0.2) is 36.1 Å². The SMILES string of the molecule is CCCCCCCC(=O)NCC(CO)NC(=O)CCCCCCC. The van der Waals surface area contributed by atoms with Crippen molar-refractivity contribution in [1.82, 2.24) is 10.6 Å². The average molecular weight is 343 g/mol. The number of hydrogen-bond donors (Lipinski definition) is 3. The lowest BCUT2D eigenvalue weighted by Gasteiger charge is -2.17. The molecule has 0 aliphatic rings. The van der Waals surface area contributed by atoms with Gasteiger partial charge in [-0.25, -0.2) is 0 Å². The van der Waals surface area contributed by atoms with Gasteiger partial charge in [-0.3, -0.25) is 9.59 Å². The summed E-state index contributed by atoms with van der Waals surface area (Å²) in [6, 6.07) is -0.391. The van der Waals surface area contributed by atoms with E-state index in [1.807, 2.05) is 0 Å². The molecule has 0 radical (unpaired) electrons. The summed E-state index contributed by atoms with van der Waals surface area (Å²) in [5.41, 5.74) is 0. The highest BCUT2D eigenvalue weighted by Gasteiger charge is 2.12. The number of rotatable bonds is 16. The summed E-state index contributed by atoms with van der Waals surface area (Å²) in [5.74, 6) is -0.0434. The van der Waals surface area contributed by atoms with E-state index >= 15 is 0 Å². The summed E-state index contributed by atoms with van der Waals surface area (Å²) >= 11 is 0. The summed E-state index contributed by atoms with van der Waals surface area (Å²) < 4.78 is 0. The first-order chi connectivity index (χ1) is 11.6. The smallest absolute Gasteiger partial charge is 0.220 e. The Balaban J connectivity index is 3.73. The fourth-order valence-electron chi connectivity index (χ4n) is 2.56. The van der Waals surface area contributed by atoms with Crippen LogP contribution in [0.3, 0.4) is 0 Å². The first-order valence-corrected chi connectivity index (χ1v) is 9.80. The van der Waals surface area contributed by atoms with Crippen molar-refractivity contribution in [1.29, 1.82) is 0 Å². The van der Waals surface area contributed by atoms with Gasteiger partial charge >= 0.3 is 0 Å². The molecule has 5 heteroatoms. The molecule has 0 bridgehead atoms. The minimum atomic E-state index is -0.391. The monoisotopic (exact) mass is 342 g/mol. The fourth-order valence-corrected chi connectivity index (χ4v) is 2.56. The molecule has 0 aromatic rings. The lowest BCUT2D eigenvalue weighted by molar-refractivity contribution is -0.124. The van der Waals surface area contributed by atoms with E-state index in [2.05, 4.69) is 24.5 Å². The van der Waals surface area contributed by atoms with Crippen LogP contribution in [0.1, 0.15) is 90.9 Å². The molecule has 0 saturated heterocycles. The molecule has 1 unspecified atom stereocenters. The molecule has 0 spiro atoms. The molecular weight excluding hydrogens is 304 g/mol. The van der Waals surface area contributed by atoms with E-state index in [1.54, 1.807) is 0 Å². The fraction of sp³-hybridized carbons (Fsp3) is 0.895. The first kappa shape index (κ1) is 22.9. The predicted molar refractivity (Wildman–Crippen MR) is 98.8 cm³/mol. The topological polar surface area (TPSA) is 78.4 Å². The van der Waals surface area contributed by atoms with Gasteiger partial charge in [0.1, 0.15) is 0 Å². The second-order valence-corrected chi connectivity index (χ2v) is 6.58. The highest BCUT2D eigenvalue weighted by molar-refractivity contribution is 5.77. The van der Waals surface area contributed by atoms with Crippen LogP contribution in [0, 0.1) is 0 Å². The molecule has 2 amide bonds. The maximum absolute atomic E-state index is 11.8. The molecule has 1 atom stereocenters. The normalized spacial score (nSPS) is 12.0. The summed E-state index contributed by atoms with van der Waals surface area (Å²) in [4.78, 5) is 23.6. The van der Waals surface area contributed by atoms with Crippen LogP contribution < -0.4 is 10.6 Å². The van der Waals surface area contributed by atoms with Crippen LogP contribution in [0.4, 0.5) is 0 Å². The van der Waals surface area contributed by atoms with Crippen molar-refractivity contribution in [3.8, 4) is 0 Å². The van der Waals surface area contributed by atoms with Crippen molar-refractivity contribution in [2.45, 2.75) is 96.9 Å². The zero-order valence-corrected chi connectivity index (χ0v) is 15.7. The van der Waals surface area contributed by atoms with Crippen molar-refractivity contribution >= 4 is 11.8 Å². The number of hydrogen-bond acceptors (Lipinski definition) is 3. The Morgan fingerprint density at radius 2 is 1.29 bits per heavy atom. The van der Waals surface area contributed by atoms with Crippen LogP contribution in [-0.2, 0) is 9.59 Å². The Labute approximate surface area is 148 Å². The third kappa shape index (κ3) is 14.5. The maximum Gasteiger partial charge on any atom is 0.220 e. The quantitative estimate of drug-likeness (QED) is 0.377. The van der Waals surface area contributed by atoms with E-state index < -0.39 is 6.04 Å². The van der Waals surface area contributed by atoms with Gasteiger partial charge in [-0.1, -0.05) is 65.2 Å². The van der Waals surface area contributed by atoms with Crippen molar-refractivity contribution in [2.24, 2.45) is 0 Å². The molecule has 0 heterocycles. The molecule has 24 heavy (non-hydrogen) atoms. The second-order valence-electron chi connectivity index (χ2n) is 6.58. The number of amides is 2. The second kappa shape index (κ2) is 16.7. The molecule has 0 rings (SSSR count). The van der Waals surface area contributed by atoms with E-state index in [-0.39, 0.29) is 18.4 Å². The Hall–Kier alpha value is -1.10. The van der Waals surface area contributed by atoms with Gasteiger partial charge in [0.2, 0.25) is 11.8 Å². The molecule has 142 valence electrons. The van der Waals surface area contributed by atoms with Crippen molar-refractivity contribution in [3.05, 3.63) is 0 Å². The van der Waals surface area contributed by atoms with Gasteiger partial charge in [-0.2, -0.15) is 0 Å². The van der Waals surface area contributed by atoms with Crippen LogP contribution >= 0.6 is 0 Å². The van der Waals surface area contributed by atoms with E-state index in [4.69, 9.17) is 0 Å². The standard InChI is InChI=1S/C19H38N2O3/c1-3-5-7-9-11-13-18(23)20-15-17(16-22)21-19(24)14-12-10-8-6-4-2/h17,22H,3-16H2,1-2H3,(H,20,23)(H,21,24). The van der Waals surface area contributed by atoms with Gasteiger partial charge in [-0.05, 0) is 12.8 Å². The van der Waals surface area contributed by atoms with Gasteiger partial charge in [0, 0.05) is 19.4 Å². The molecule has 0 aromatic carbocycles. The van der Waals surface area contributed by atoms with E-state index in [0.29, 0.717) is 19.4 Å². The summed E-state index contributed by atoms with van der Waals surface area (Å²) in [5, 5.41) is 14.9. The highest BCUT2D eigenvalue weighted by Crippen LogP contribution is 2.05. The molecule has 3 N–H and O–H groups in total. The molecule has 0 saturated carbocycles. The number of carbonyl (C=O) groups is 2. The van der Waals surface area contributed by atoms with Crippen LogP contribution in [0.25, 0.3) is 0 Å². The first-order valence-electron chi connectivity index (χ1n) is 9.80. The molecule has 0 aromatic heterocycles. The maximum atomic E-state index is 11.8. The molecule has 0 fully saturated rings. The van der Waals surface area contributed by atoms with E-state index in [1.165, 1.54) is 38.5 Å². The molecule has 5 nitrogen and oxygen atoms in total. The average Bonchev–Trinajstić information content (AvgIpc) is 2.58. The largest absolute Gasteiger partial charge is 0.394 e. The summed E-state index contributed by atoms with van der Waals surface area (Å²) in [6.07, 6.45) is 12.1. The third-order valence-corrected chi connectivity index (χ3v) is 4.15. The van der Waals surface area contributed by atoms with Crippen LogP contribution in [0.15, 0.2) is 0 Å². The highest BCUT2D eigenvalue weighted by atomic mass is 16.3. The molecule has 0 aliphatic heterocycles. The third-order valence-electron chi connectivity index (χ3n) is 4.15. The number of aliphatic hydroxyl groups excluding tert-OH is 1. The van der Waals surface area contributed by atoms with Crippen molar-refractivity contribution in [3.63, 3.8) is 0 Å². The lowest BCUT2D eigenvalue weighted by Crippen LogP contribution is -2.45. The number of carbonyl (C=O) groups excluding carboxylic acids is 2. The minimum absolute atomic E-state index is 0.00115. The molecule has 0 aliphatic carbocycles. The van der Waals surface area contributed by atoms with Gasteiger partial charge in [0.25, 0.3) is 0 Å². The number of nitrogens with one attached hydrogen (secondary N) is 2. The Morgan fingerprint density at radius 3 is 1.79 bits per heavy atom. The van der Waals surface area contributed by atoms with Crippen LogP contribution in [0.2, 0.25) is 0 Å². The number of aliphatic hydroxyl groups is 1. The van der Waals surface area contributed by atoms with Crippen molar-refractivity contribution in [2.75, 3.05) is 13.2 Å². The lowest BCUT2D eigenvalue weighted by atomic mass is 10.1. The minimum Gasteiger partial charge on any atom is -0.394 e. The van der Waals surface area contributed by atoms with Gasteiger partial charge in [0.05, 0.1) is 12.6 Å². The zero-order chi connectivity index (χ0) is 18.0.